The Labute approximate surface area is 101 Å². The largest absolute Gasteiger partial charge is 0.394 e. The monoisotopic (exact) mass is 250 g/mol. The fourth-order valence-electron chi connectivity index (χ4n) is 1.87. The van der Waals surface area contributed by atoms with Crippen LogP contribution < -0.4 is 0 Å². The van der Waals surface area contributed by atoms with Crippen LogP contribution in [0, 0.1) is 11.8 Å². The average Bonchev–Trinajstić information content (AvgIpc) is 2.29. The second-order valence-corrected chi connectivity index (χ2v) is 7.20. The van der Waals surface area contributed by atoms with Crippen LogP contribution >= 0.6 is 23.5 Å². The Morgan fingerprint density at radius 1 is 1.27 bits per heavy atom. The molecule has 0 unspecified atom stereocenters. The lowest BCUT2D eigenvalue weighted by Gasteiger charge is -2.29. The Morgan fingerprint density at radius 3 is 2.40 bits per heavy atom. The van der Waals surface area contributed by atoms with Crippen LogP contribution in [0.4, 0.5) is 0 Å². The van der Waals surface area contributed by atoms with Crippen molar-refractivity contribution < 1.29 is 10.2 Å². The Balaban J connectivity index is 2.29. The summed E-state index contributed by atoms with van der Waals surface area (Å²) < 4.78 is 0.687. The summed E-state index contributed by atoms with van der Waals surface area (Å²) in [6.07, 6.45) is 1.78. The van der Waals surface area contributed by atoms with Crippen LogP contribution in [0.3, 0.4) is 0 Å². The summed E-state index contributed by atoms with van der Waals surface area (Å²) in [5.41, 5.74) is 0. The van der Waals surface area contributed by atoms with Gasteiger partial charge in [-0.3, -0.25) is 0 Å². The van der Waals surface area contributed by atoms with Crippen LogP contribution in [0.5, 0.6) is 0 Å². The van der Waals surface area contributed by atoms with Crippen molar-refractivity contribution in [3.8, 4) is 0 Å². The molecule has 2 N–H and O–H groups in total. The number of rotatable bonds is 5. The van der Waals surface area contributed by atoms with Crippen molar-refractivity contribution in [2.75, 3.05) is 18.1 Å². The molecule has 0 saturated carbocycles. The van der Waals surface area contributed by atoms with Gasteiger partial charge in [0, 0.05) is 0 Å². The molecule has 0 aromatic carbocycles. The smallest absolute Gasteiger partial charge is 0.0796 e. The predicted molar refractivity (Wildman–Crippen MR) is 69.4 cm³/mol. The van der Waals surface area contributed by atoms with Crippen molar-refractivity contribution in [3.63, 3.8) is 0 Å². The molecular formula is C11H22O2S2. The zero-order valence-electron chi connectivity index (χ0n) is 9.56. The molecule has 1 aliphatic rings. The first-order valence-corrected chi connectivity index (χ1v) is 7.77. The average molecular weight is 250 g/mol. The highest BCUT2D eigenvalue weighted by Crippen LogP contribution is 2.38. The van der Waals surface area contributed by atoms with E-state index in [-0.39, 0.29) is 12.5 Å². The van der Waals surface area contributed by atoms with Gasteiger partial charge in [-0.2, -0.15) is 0 Å². The SMILES string of the molecule is C[C@H](C[C@H](C)C1SCCCS1)[C@H](O)CO. The van der Waals surface area contributed by atoms with Crippen LogP contribution in [0.25, 0.3) is 0 Å². The maximum Gasteiger partial charge on any atom is 0.0796 e. The fourth-order valence-corrected chi connectivity index (χ4v) is 4.98. The highest BCUT2D eigenvalue weighted by molar-refractivity contribution is 8.17. The Hall–Kier alpha value is 0.620. The van der Waals surface area contributed by atoms with Crippen molar-refractivity contribution in [2.24, 2.45) is 11.8 Å². The molecule has 2 nitrogen and oxygen atoms in total. The van der Waals surface area contributed by atoms with E-state index in [0.717, 1.165) is 6.42 Å². The summed E-state index contributed by atoms with van der Waals surface area (Å²) in [7, 11) is 0. The zero-order chi connectivity index (χ0) is 11.3. The van der Waals surface area contributed by atoms with Crippen molar-refractivity contribution >= 4 is 23.5 Å². The molecule has 1 saturated heterocycles. The van der Waals surface area contributed by atoms with E-state index >= 15 is 0 Å². The van der Waals surface area contributed by atoms with Gasteiger partial charge < -0.3 is 10.2 Å². The van der Waals surface area contributed by atoms with Crippen LogP contribution in [0.1, 0.15) is 26.7 Å². The summed E-state index contributed by atoms with van der Waals surface area (Å²) in [6, 6.07) is 0. The standard InChI is InChI=1S/C11H22O2S2/c1-8(10(13)7-12)6-9(2)11-14-4-3-5-15-11/h8-13H,3-7H2,1-2H3/t8-,9+,10-/m1/s1. The number of hydrogen-bond acceptors (Lipinski definition) is 4. The van der Waals surface area contributed by atoms with Gasteiger partial charge in [-0.25, -0.2) is 0 Å². The first-order valence-electron chi connectivity index (χ1n) is 5.67. The summed E-state index contributed by atoms with van der Waals surface area (Å²) in [5.74, 6) is 3.38. The summed E-state index contributed by atoms with van der Waals surface area (Å²) >= 11 is 4.10. The van der Waals surface area contributed by atoms with E-state index in [4.69, 9.17) is 5.11 Å². The quantitative estimate of drug-likeness (QED) is 0.785. The van der Waals surface area contributed by atoms with E-state index in [9.17, 15) is 5.11 Å². The van der Waals surface area contributed by atoms with Crippen LogP contribution in [-0.2, 0) is 0 Å². The molecule has 1 fully saturated rings. The van der Waals surface area contributed by atoms with Gasteiger partial charge in [0.1, 0.15) is 0 Å². The maximum atomic E-state index is 9.51. The second kappa shape index (κ2) is 7.05. The Bertz CT molecular complexity index is 172. The van der Waals surface area contributed by atoms with Gasteiger partial charge in [-0.05, 0) is 36.2 Å². The topological polar surface area (TPSA) is 40.5 Å². The third-order valence-electron chi connectivity index (χ3n) is 2.91. The Kier molecular flexibility index (Phi) is 6.43. The van der Waals surface area contributed by atoms with Crippen molar-refractivity contribution in [2.45, 2.75) is 37.4 Å². The number of thioether (sulfide) groups is 2. The molecule has 15 heavy (non-hydrogen) atoms. The first kappa shape index (κ1) is 13.7. The van der Waals surface area contributed by atoms with E-state index in [1.807, 2.05) is 6.92 Å². The minimum Gasteiger partial charge on any atom is -0.394 e. The lowest BCUT2D eigenvalue weighted by atomic mass is 9.94. The van der Waals surface area contributed by atoms with E-state index in [2.05, 4.69) is 30.4 Å². The molecule has 0 spiro atoms. The van der Waals surface area contributed by atoms with Crippen LogP contribution in [-0.4, -0.2) is 39.0 Å². The van der Waals surface area contributed by atoms with Gasteiger partial charge in [0.15, 0.2) is 0 Å². The van der Waals surface area contributed by atoms with Crippen molar-refractivity contribution in [1.29, 1.82) is 0 Å². The van der Waals surface area contributed by atoms with Crippen molar-refractivity contribution in [1.82, 2.24) is 0 Å². The molecule has 0 bridgehead atoms. The van der Waals surface area contributed by atoms with Gasteiger partial charge in [-0.15, -0.1) is 23.5 Å². The van der Waals surface area contributed by atoms with E-state index in [0.29, 0.717) is 10.5 Å². The number of aliphatic hydroxyl groups excluding tert-OH is 2. The minimum atomic E-state index is -0.550. The zero-order valence-corrected chi connectivity index (χ0v) is 11.2. The summed E-state index contributed by atoms with van der Waals surface area (Å²) in [5, 5.41) is 18.4. The molecule has 0 aromatic heterocycles. The van der Waals surface area contributed by atoms with Gasteiger partial charge in [0.25, 0.3) is 0 Å². The van der Waals surface area contributed by atoms with E-state index in [1.165, 1.54) is 17.9 Å². The molecule has 0 aliphatic carbocycles. The third kappa shape index (κ3) is 4.55. The molecule has 3 atom stereocenters. The summed E-state index contributed by atoms with van der Waals surface area (Å²) in [6.45, 7) is 4.17. The maximum absolute atomic E-state index is 9.51. The minimum absolute atomic E-state index is 0.112. The molecule has 1 heterocycles. The molecule has 1 aliphatic heterocycles. The number of aliphatic hydroxyl groups is 2. The van der Waals surface area contributed by atoms with Crippen LogP contribution in [0.15, 0.2) is 0 Å². The van der Waals surface area contributed by atoms with Crippen LogP contribution in [0.2, 0.25) is 0 Å². The van der Waals surface area contributed by atoms with Gasteiger partial charge in [0.2, 0.25) is 0 Å². The molecule has 90 valence electrons. The molecule has 0 aromatic rings. The number of hydrogen-bond donors (Lipinski definition) is 2. The van der Waals surface area contributed by atoms with E-state index < -0.39 is 6.10 Å². The lowest BCUT2D eigenvalue weighted by molar-refractivity contribution is 0.0459. The van der Waals surface area contributed by atoms with Gasteiger partial charge >= 0.3 is 0 Å². The lowest BCUT2D eigenvalue weighted by Crippen LogP contribution is -2.26. The highest BCUT2D eigenvalue weighted by Gasteiger charge is 2.24. The molecule has 4 heteroatoms. The highest BCUT2D eigenvalue weighted by atomic mass is 32.2. The Morgan fingerprint density at radius 2 is 1.87 bits per heavy atom. The molecule has 0 radical (unpaired) electrons. The molecule has 0 amide bonds. The molecular weight excluding hydrogens is 228 g/mol. The first-order chi connectivity index (χ1) is 7.15. The second-order valence-electron chi connectivity index (χ2n) is 4.40. The van der Waals surface area contributed by atoms with Gasteiger partial charge in [0.05, 0.1) is 17.3 Å². The van der Waals surface area contributed by atoms with Gasteiger partial charge in [-0.1, -0.05) is 13.8 Å². The summed E-state index contributed by atoms with van der Waals surface area (Å²) in [4.78, 5) is 0. The van der Waals surface area contributed by atoms with E-state index in [1.54, 1.807) is 0 Å². The predicted octanol–water partition coefficient (Wildman–Crippen LogP) is 2.20. The normalized spacial score (nSPS) is 24.8. The van der Waals surface area contributed by atoms with Crippen molar-refractivity contribution in [3.05, 3.63) is 0 Å². The fraction of sp³-hybridized carbons (Fsp3) is 1.00. The molecule has 1 rings (SSSR count). The third-order valence-corrected chi connectivity index (χ3v) is 6.36.